The molecule has 1 aliphatic heterocycles. The molecule has 0 saturated carbocycles. The number of amides is 1. The van der Waals surface area contributed by atoms with Crippen LogP contribution < -0.4 is 20.3 Å². The maximum Gasteiger partial charge on any atom is 0.251 e. The van der Waals surface area contributed by atoms with E-state index in [0.29, 0.717) is 17.3 Å². The number of carbonyl (C=O) groups excluding carboxylic acids is 1. The lowest BCUT2D eigenvalue weighted by molar-refractivity contribution is 0.0931. The predicted molar refractivity (Wildman–Crippen MR) is 117 cm³/mol. The van der Waals surface area contributed by atoms with Crippen LogP contribution in [0.25, 0.3) is 0 Å². The van der Waals surface area contributed by atoms with Crippen molar-refractivity contribution in [3.05, 3.63) is 72.2 Å². The van der Waals surface area contributed by atoms with Crippen molar-refractivity contribution in [3.63, 3.8) is 0 Å². The summed E-state index contributed by atoms with van der Waals surface area (Å²) in [5.41, 5.74) is 1.37. The van der Waals surface area contributed by atoms with Crippen molar-refractivity contribution in [2.24, 2.45) is 0 Å². The van der Waals surface area contributed by atoms with E-state index >= 15 is 0 Å². The van der Waals surface area contributed by atoms with Gasteiger partial charge in [-0.2, -0.15) is 4.98 Å². The number of nitrogens with one attached hydrogen (secondary N) is 2. The van der Waals surface area contributed by atoms with Gasteiger partial charge in [0.15, 0.2) is 0 Å². The summed E-state index contributed by atoms with van der Waals surface area (Å²) < 4.78 is 18.2. The third-order valence-corrected chi connectivity index (χ3v) is 5.22. The molecule has 1 saturated heterocycles. The zero-order chi connectivity index (χ0) is 21.6. The molecule has 31 heavy (non-hydrogen) atoms. The molecule has 2 heterocycles. The first kappa shape index (κ1) is 20.6. The minimum Gasteiger partial charge on any atom is -0.497 e. The van der Waals surface area contributed by atoms with E-state index in [1.165, 1.54) is 12.1 Å². The van der Waals surface area contributed by atoms with E-state index in [9.17, 15) is 9.18 Å². The minimum atomic E-state index is -0.282. The van der Waals surface area contributed by atoms with Crippen molar-refractivity contribution < 1.29 is 13.9 Å². The van der Waals surface area contributed by atoms with Gasteiger partial charge < -0.3 is 20.3 Å². The van der Waals surface area contributed by atoms with Gasteiger partial charge in [-0.3, -0.25) is 4.79 Å². The first-order chi connectivity index (χ1) is 15.1. The zero-order valence-corrected chi connectivity index (χ0v) is 17.2. The Balaban J connectivity index is 1.32. The average molecular weight is 421 g/mol. The topological polar surface area (TPSA) is 79.4 Å². The van der Waals surface area contributed by atoms with Gasteiger partial charge in [-0.25, -0.2) is 9.37 Å². The molecule has 160 valence electrons. The Bertz CT molecular complexity index is 1020. The molecule has 0 aliphatic carbocycles. The SMILES string of the molecule is COc1ccc(C(=O)NC2CCN(c3nccc(Nc4ccc(F)cc4)n3)CC2)cc1. The van der Waals surface area contributed by atoms with Gasteiger partial charge in [0.25, 0.3) is 5.91 Å². The highest BCUT2D eigenvalue weighted by molar-refractivity contribution is 5.94. The van der Waals surface area contributed by atoms with Crippen LogP contribution in [0, 0.1) is 5.82 Å². The second kappa shape index (κ2) is 9.42. The zero-order valence-electron chi connectivity index (χ0n) is 17.2. The quantitative estimate of drug-likeness (QED) is 0.631. The number of ether oxygens (including phenoxy) is 1. The number of hydrogen-bond donors (Lipinski definition) is 2. The largest absolute Gasteiger partial charge is 0.497 e. The Kier molecular flexibility index (Phi) is 6.26. The van der Waals surface area contributed by atoms with Crippen molar-refractivity contribution in [2.75, 3.05) is 30.4 Å². The fourth-order valence-corrected chi connectivity index (χ4v) is 3.49. The van der Waals surface area contributed by atoms with Crippen LogP contribution in [0.15, 0.2) is 60.8 Å². The molecule has 1 aliphatic rings. The maximum atomic E-state index is 13.1. The van der Waals surface area contributed by atoms with Crippen molar-refractivity contribution >= 4 is 23.4 Å². The number of halogens is 1. The van der Waals surface area contributed by atoms with E-state index in [1.807, 2.05) is 0 Å². The number of carbonyl (C=O) groups is 1. The molecule has 3 aromatic rings. The van der Waals surface area contributed by atoms with E-state index in [-0.39, 0.29) is 17.8 Å². The first-order valence-electron chi connectivity index (χ1n) is 10.2. The molecule has 1 amide bonds. The lowest BCUT2D eigenvalue weighted by atomic mass is 10.0. The van der Waals surface area contributed by atoms with Crippen molar-refractivity contribution in [2.45, 2.75) is 18.9 Å². The van der Waals surface area contributed by atoms with Crippen molar-refractivity contribution in [1.29, 1.82) is 0 Å². The van der Waals surface area contributed by atoms with Gasteiger partial charge in [0.1, 0.15) is 17.4 Å². The molecule has 8 heteroatoms. The van der Waals surface area contributed by atoms with Gasteiger partial charge >= 0.3 is 0 Å². The summed E-state index contributed by atoms with van der Waals surface area (Å²) in [5, 5.41) is 6.26. The van der Waals surface area contributed by atoms with Gasteiger partial charge in [-0.15, -0.1) is 0 Å². The van der Waals surface area contributed by atoms with Crippen LogP contribution in [0.4, 0.5) is 21.8 Å². The Morgan fingerprint density at radius 3 is 2.45 bits per heavy atom. The lowest BCUT2D eigenvalue weighted by Gasteiger charge is -2.32. The fraction of sp³-hybridized carbons (Fsp3) is 0.261. The molecule has 0 radical (unpaired) electrons. The molecular weight excluding hydrogens is 397 g/mol. The number of benzene rings is 2. The second-order valence-electron chi connectivity index (χ2n) is 7.34. The standard InChI is InChI=1S/C23H24FN5O2/c1-31-20-8-2-16(3-9-20)22(30)27-19-11-14-29(15-12-19)23-25-13-10-21(28-23)26-18-6-4-17(24)5-7-18/h2-10,13,19H,11-12,14-15H2,1H3,(H,27,30)(H,25,26,28). The second-order valence-corrected chi connectivity index (χ2v) is 7.34. The van der Waals surface area contributed by atoms with Crippen LogP contribution >= 0.6 is 0 Å². The molecule has 7 nitrogen and oxygen atoms in total. The van der Waals surface area contributed by atoms with Crippen LogP contribution in [-0.2, 0) is 0 Å². The van der Waals surface area contributed by atoms with Crippen LogP contribution in [-0.4, -0.2) is 42.1 Å². The highest BCUT2D eigenvalue weighted by Gasteiger charge is 2.23. The maximum absolute atomic E-state index is 13.1. The summed E-state index contributed by atoms with van der Waals surface area (Å²) >= 11 is 0. The van der Waals surface area contributed by atoms with Gasteiger partial charge in [-0.1, -0.05) is 0 Å². The van der Waals surface area contributed by atoms with Crippen molar-refractivity contribution in [3.8, 4) is 5.75 Å². The smallest absolute Gasteiger partial charge is 0.251 e. The molecule has 1 aromatic heterocycles. The number of methoxy groups -OCH3 is 1. The highest BCUT2D eigenvalue weighted by atomic mass is 19.1. The summed E-state index contributed by atoms with van der Waals surface area (Å²) in [6, 6.07) is 15.1. The molecule has 2 aromatic carbocycles. The van der Waals surface area contributed by atoms with Gasteiger partial charge in [-0.05, 0) is 67.4 Å². The normalized spacial score (nSPS) is 14.2. The number of aromatic nitrogens is 2. The van der Waals surface area contributed by atoms with Crippen LogP contribution in [0.1, 0.15) is 23.2 Å². The van der Waals surface area contributed by atoms with Crippen molar-refractivity contribution in [1.82, 2.24) is 15.3 Å². The monoisotopic (exact) mass is 421 g/mol. The Hall–Kier alpha value is -3.68. The molecule has 0 atom stereocenters. The molecular formula is C23H24FN5O2. The minimum absolute atomic E-state index is 0.0807. The van der Waals surface area contributed by atoms with E-state index in [4.69, 9.17) is 4.74 Å². The van der Waals surface area contributed by atoms with E-state index in [2.05, 4.69) is 25.5 Å². The molecule has 1 fully saturated rings. The van der Waals surface area contributed by atoms with E-state index < -0.39 is 0 Å². The Morgan fingerprint density at radius 1 is 1.06 bits per heavy atom. The summed E-state index contributed by atoms with van der Waals surface area (Å²) in [7, 11) is 1.60. The highest BCUT2D eigenvalue weighted by Crippen LogP contribution is 2.20. The number of rotatable bonds is 6. The Morgan fingerprint density at radius 2 is 1.77 bits per heavy atom. The average Bonchev–Trinajstić information content (AvgIpc) is 2.81. The summed E-state index contributed by atoms with van der Waals surface area (Å²) in [6.45, 7) is 1.49. The van der Waals surface area contributed by atoms with Gasteiger partial charge in [0.2, 0.25) is 5.95 Å². The molecule has 0 spiro atoms. The number of hydrogen-bond acceptors (Lipinski definition) is 6. The van der Waals surface area contributed by atoms with E-state index in [1.54, 1.807) is 55.8 Å². The summed E-state index contributed by atoms with van der Waals surface area (Å²) in [5.74, 6) is 1.64. The Labute approximate surface area is 180 Å². The first-order valence-corrected chi connectivity index (χ1v) is 10.2. The van der Waals surface area contributed by atoms with Crippen LogP contribution in [0.5, 0.6) is 5.75 Å². The third-order valence-electron chi connectivity index (χ3n) is 5.22. The predicted octanol–water partition coefficient (Wildman–Crippen LogP) is 3.77. The molecule has 2 N–H and O–H groups in total. The molecule has 0 bridgehead atoms. The van der Waals surface area contributed by atoms with Gasteiger partial charge in [0.05, 0.1) is 7.11 Å². The number of nitrogens with zero attached hydrogens (tertiary/aromatic N) is 3. The third kappa shape index (κ3) is 5.28. The fourth-order valence-electron chi connectivity index (χ4n) is 3.49. The lowest BCUT2D eigenvalue weighted by Crippen LogP contribution is -2.45. The summed E-state index contributed by atoms with van der Waals surface area (Å²) in [6.07, 6.45) is 3.31. The molecule has 0 unspecified atom stereocenters. The van der Waals surface area contributed by atoms with Crippen LogP contribution in [0.2, 0.25) is 0 Å². The van der Waals surface area contributed by atoms with Gasteiger partial charge in [0, 0.05) is 36.6 Å². The van der Waals surface area contributed by atoms with Crippen LogP contribution in [0.3, 0.4) is 0 Å². The molecule has 4 rings (SSSR count). The van der Waals surface area contributed by atoms with E-state index in [0.717, 1.165) is 37.4 Å². The summed E-state index contributed by atoms with van der Waals surface area (Å²) in [4.78, 5) is 23.5. The number of piperidine rings is 1. The number of anilines is 3.